The summed E-state index contributed by atoms with van der Waals surface area (Å²) in [5, 5.41) is 2.35. The molecular weight excluding hydrogens is 200 g/mol. The number of fused-ring (bicyclic) bond motifs is 2. The minimum absolute atomic E-state index is 0.606. The van der Waals surface area contributed by atoms with E-state index in [1.165, 1.54) is 10.8 Å². The molecule has 2 aromatic carbocycles. The molecule has 0 atom stereocenters. The van der Waals surface area contributed by atoms with Gasteiger partial charge in [0.2, 0.25) is 0 Å². The van der Waals surface area contributed by atoms with Gasteiger partial charge in [-0.05, 0) is 35.1 Å². The second-order valence-electron chi connectivity index (χ2n) is 3.74. The first-order valence-electron chi connectivity index (χ1n) is 5.37. The van der Waals surface area contributed by atoms with Crippen molar-refractivity contribution in [1.29, 1.82) is 0 Å². The van der Waals surface area contributed by atoms with Gasteiger partial charge in [-0.25, -0.2) is 0 Å². The van der Waals surface area contributed by atoms with Crippen LogP contribution in [-0.4, -0.2) is 13.2 Å². The summed E-state index contributed by atoms with van der Waals surface area (Å²) < 4.78 is 11.2. The van der Waals surface area contributed by atoms with Crippen LogP contribution in [0.5, 0.6) is 11.5 Å². The largest absolute Gasteiger partial charge is 0.486 e. The highest BCUT2D eigenvalue weighted by Crippen LogP contribution is 2.33. The van der Waals surface area contributed by atoms with E-state index in [-0.39, 0.29) is 0 Å². The summed E-state index contributed by atoms with van der Waals surface area (Å²) in [5.74, 6) is 1.64. The Bertz CT molecular complexity index is 495. The summed E-state index contributed by atoms with van der Waals surface area (Å²) in [5.41, 5.74) is 0. The van der Waals surface area contributed by atoms with E-state index in [2.05, 4.69) is 12.1 Å². The summed E-state index contributed by atoms with van der Waals surface area (Å²) in [7, 11) is 0. The lowest BCUT2D eigenvalue weighted by Crippen LogP contribution is -2.03. The first kappa shape index (κ1) is 9.28. The molecule has 0 aliphatic carbocycles. The van der Waals surface area contributed by atoms with E-state index in [4.69, 9.17) is 9.47 Å². The third-order valence-corrected chi connectivity index (χ3v) is 2.65. The highest BCUT2D eigenvalue weighted by atomic mass is 16.5. The Morgan fingerprint density at radius 2 is 1.25 bits per heavy atom. The summed E-state index contributed by atoms with van der Waals surface area (Å²) in [6.07, 6.45) is 3.94. The van der Waals surface area contributed by atoms with Crippen molar-refractivity contribution in [2.75, 3.05) is 13.2 Å². The minimum Gasteiger partial charge on any atom is -0.486 e. The van der Waals surface area contributed by atoms with Crippen molar-refractivity contribution in [2.24, 2.45) is 0 Å². The smallest absolute Gasteiger partial charge is 0.162 e. The molecule has 0 bridgehead atoms. The molecule has 1 heterocycles. The zero-order valence-electron chi connectivity index (χ0n) is 8.85. The van der Waals surface area contributed by atoms with Crippen LogP contribution in [0, 0.1) is 0 Å². The molecular formula is C14H12O2. The summed E-state index contributed by atoms with van der Waals surface area (Å²) >= 11 is 0. The fraction of sp³-hybridized carbons (Fsp3) is 0.143. The van der Waals surface area contributed by atoms with Crippen LogP contribution in [0.4, 0.5) is 0 Å². The molecule has 0 amide bonds. The molecule has 1 aliphatic heterocycles. The van der Waals surface area contributed by atoms with Gasteiger partial charge in [-0.1, -0.05) is 24.3 Å². The van der Waals surface area contributed by atoms with Crippen molar-refractivity contribution < 1.29 is 9.47 Å². The van der Waals surface area contributed by atoms with Crippen LogP contribution in [0.25, 0.3) is 10.8 Å². The molecule has 0 saturated heterocycles. The Kier molecular flexibility index (Phi) is 2.26. The van der Waals surface area contributed by atoms with Crippen LogP contribution in [0.15, 0.2) is 48.6 Å². The van der Waals surface area contributed by atoms with Crippen molar-refractivity contribution in [3.8, 4) is 11.5 Å². The molecule has 0 N–H and O–H groups in total. The van der Waals surface area contributed by atoms with Gasteiger partial charge >= 0.3 is 0 Å². The molecule has 80 valence electrons. The van der Waals surface area contributed by atoms with Gasteiger partial charge in [0.1, 0.15) is 13.2 Å². The lowest BCUT2D eigenvalue weighted by molar-refractivity contribution is 0.297. The van der Waals surface area contributed by atoms with Gasteiger partial charge in [0.05, 0.1) is 0 Å². The molecule has 16 heavy (non-hydrogen) atoms. The maximum atomic E-state index is 5.62. The third-order valence-electron chi connectivity index (χ3n) is 2.65. The predicted molar refractivity (Wildman–Crippen MR) is 64.1 cm³/mol. The van der Waals surface area contributed by atoms with Gasteiger partial charge in [-0.15, -0.1) is 0 Å². The maximum Gasteiger partial charge on any atom is 0.162 e. The van der Waals surface area contributed by atoms with Crippen LogP contribution in [0.2, 0.25) is 0 Å². The quantitative estimate of drug-likeness (QED) is 0.624. The standard InChI is InChI=1S/C14H12O2/c1-2-6-12-10-14-13(9-11(12)5-1)15-7-3-4-8-16-14/h1-6,9-10H,7-8H2/b4-3-. The Morgan fingerprint density at radius 3 is 1.75 bits per heavy atom. The van der Waals surface area contributed by atoms with E-state index in [0.29, 0.717) is 13.2 Å². The summed E-state index contributed by atoms with van der Waals surface area (Å²) in [6.45, 7) is 1.21. The highest BCUT2D eigenvalue weighted by Gasteiger charge is 2.08. The average molecular weight is 212 g/mol. The lowest BCUT2D eigenvalue weighted by Gasteiger charge is -2.14. The van der Waals surface area contributed by atoms with Crippen LogP contribution in [-0.2, 0) is 0 Å². The second kappa shape index (κ2) is 3.89. The van der Waals surface area contributed by atoms with Crippen molar-refractivity contribution in [3.63, 3.8) is 0 Å². The van der Waals surface area contributed by atoms with Crippen LogP contribution < -0.4 is 9.47 Å². The topological polar surface area (TPSA) is 18.5 Å². The lowest BCUT2D eigenvalue weighted by atomic mass is 10.1. The molecule has 0 saturated carbocycles. The molecule has 0 aromatic heterocycles. The van der Waals surface area contributed by atoms with Gasteiger partial charge in [0, 0.05) is 0 Å². The highest BCUT2D eigenvalue weighted by molar-refractivity contribution is 5.86. The molecule has 2 aromatic rings. The number of hydrogen-bond donors (Lipinski definition) is 0. The van der Waals surface area contributed by atoms with E-state index in [1.807, 2.05) is 36.4 Å². The van der Waals surface area contributed by atoms with E-state index < -0.39 is 0 Å². The van der Waals surface area contributed by atoms with E-state index in [1.54, 1.807) is 0 Å². The SMILES string of the molecule is C1=C\COc2cc3ccccc3cc2OC/1. The Labute approximate surface area is 94.1 Å². The molecule has 1 aliphatic rings. The van der Waals surface area contributed by atoms with Crippen LogP contribution in [0.1, 0.15) is 0 Å². The Morgan fingerprint density at radius 1 is 0.750 bits per heavy atom. The molecule has 3 rings (SSSR count). The van der Waals surface area contributed by atoms with Crippen LogP contribution >= 0.6 is 0 Å². The number of rotatable bonds is 0. The number of hydrogen-bond acceptors (Lipinski definition) is 2. The molecule has 0 radical (unpaired) electrons. The van der Waals surface area contributed by atoms with Crippen molar-refractivity contribution in [2.45, 2.75) is 0 Å². The molecule has 0 unspecified atom stereocenters. The van der Waals surface area contributed by atoms with Gasteiger partial charge in [-0.3, -0.25) is 0 Å². The van der Waals surface area contributed by atoms with Crippen LogP contribution in [0.3, 0.4) is 0 Å². The first-order valence-corrected chi connectivity index (χ1v) is 5.37. The van der Waals surface area contributed by atoms with Gasteiger partial charge in [-0.2, -0.15) is 0 Å². The Balaban J connectivity index is 2.15. The van der Waals surface area contributed by atoms with E-state index in [9.17, 15) is 0 Å². The van der Waals surface area contributed by atoms with Gasteiger partial charge in [0.15, 0.2) is 11.5 Å². The van der Waals surface area contributed by atoms with Crippen molar-refractivity contribution in [3.05, 3.63) is 48.6 Å². The fourth-order valence-corrected chi connectivity index (χ4v) is 1.84. The van der Waals surface area contributed by atoms with E-state index in [0.717, 1.165) is 11.5 Å². The zero-order chi connectivity index (χ0) is 10.8. The van der Waals surface area contributed by atoms with Crippen molar-refractivity contribution >= 4 is 10.8 Å². The predicted octanol–water partition coefficient (Wildman–Crippen LogP) is 3.17. The number of ether oxygens (including phenoxy) is 2. The zero-order valence-corrected chi connectivity index (χ0v) is 8.85. The third kappa shape index (κ3) is 1.63. The van der Waals surface area contributed by atoms with Gasteiger partial charge in [0.25, 0.3) is 0 Å². The second-order valence-corrected chi connectivity index (χ2v) is 3.74. The Hall–Kier alpha value is -1.96. The van der Waals surface area contributed by atoms with Gasteiger partial charge < -0.3 is 9.47 Å². The summed E-state index contributed by atoms with van der Waals surface area (Å²) in [6, 6.07) is 12.3. The minimum atomic E-state index is 0.606. The fourth-order valence-electron chi connectivity index (χ4n) is 1.84. The maximum absolute atomic E-state index is 5.62. The normalized spacial score (nSPS) is 16.5. The monoisotopic (exact) mass is 212 g/mol. The molecule has 0 fully saturated rings. The molecule has 0 spiro atoms. The van der Waals surface area contributed by atoms with E-state index >= 15 is 0 Å². The average Bonchev–Trinajstić information content (AvgIpc) is 2.29. The summed E-state index contributed by atoms with van der Waals surface area (Å²) in [4.78, 5) is 0. The number of benzene rings is 2. The molecule has 2 nitrogen and oxygen atoms in total. The first-order chi connectivity index (χ1) is 7.93. The molecule has 2 heteroatoms. The van der Waals surface area contributed by atoms with Crippen molar-refractivity contribution in [1.82, 2.24) is 0 Å².